The van der Waals surface area contributed by atoms with Crippen molar-refractivity contribution in [2.24, 2.45) is 5.73 Å². The van der Waals surface area contributed by atoms with E-state index in [1.165, 1.54) is 17.4 Å². The van der Waals surface area contributed by atoms with Gasteiger partial charge in [-0.05, 0) is 6.07 Å². The van der Waals surface area contributed by atoms with Crippen molar-refractivity contribution >= 4 is 39.8 Å². The van der Waals surface area contributed by atoms with Crippen molar-refractivity contribution in [2.75, 3.05) is 42.9 Å². The smallest absolute Gasteiger partial charge is 0.276 e. The Morgan fingerprint density at radius 3 is 2.90 bits per heavy atom. The zero-order valence-corrected chi connectivity index (χ0v) is 16.5. The highest BCUT2D eigenvalue weighted by Crippen LogP contribution is 2.33. The van der Waals surface area contributed by atoms with Gasteiger partial charge in [0.15, 0.2) is 0 Å². The number of aromatic nitrogens is 3. The summed E-state index contributed by atoms with van der Waals surface area (Å²) in [5.41, 5.74) is 7.26. The molecule has 3 aromatic rings. The fourth-order valence-corrected chi connectivity index (χ4v) is 4.25. The number of benzene rings is 1. The van der Waals surface area contributed by atoms with Crippen LogP contribution in [0.15, 0.2) is 35.6 Å². The fraction of sp³-hybridized carbons (Fsp3) is 0.263. The van der Waals surface area contributed by atoms with E-state index in [9.17, 15) is 9.59 Å². The molecule has 4 rings (SSSR count). The number of nitrogens with zero attached hydrogens (tertiary/aromatic N) is 4. The number of hydrogen-bond acceptors (Lipinski definition) is 8. The van der Waals surface area contributed by atoms with E-state index < -0.39 is 0 Å². The third-order valence-corrected chi connectivity index (χ3v) is 5.62. The molecule has 0 aliphatic carbocycles. The van der Waals surface area contributed by atoms with Crippen LogP contribution in [0.25, 0.3) is 21.6 Å². The van der Waals surface area contributed by atoms with Crippen molar-refractivity contribution < 1.29 is 4.79 Å². The van der Waals surface area contributed by atoms with E-state index in [1.807, 2.05) is 12.1 Å². The summed E-state index contributed by atoms with van der Waals surface area (Å²) in [5, 5.41) is 11.5. The molecule has 0 spiro atoms. The predicted octanol–water partition coefficient (Wildman–Crippen LogP) is 0.768. The summed E-state index contributed by atoms with van der Waals surface area (Å²) in [4.78, 5) is 30.7. The summed E-state index contributed by atoms with van der Waals surface area (Å²) in [6, 6.07) is 7.04. The number of nitrogens with one attached hydrogen (secondary N) is 2. The molecule has 1 amide bonds. The van der Waals surface area contributed by atoms with Crippen molar-refractivity contribution in [1.82, 2.24) is 19.9 Å². The minimum absolute atomic E-state index is 0.109. The second-order valence-electron chi connectivity index (χ2n) is 6.51. The highest BCUT2D eigenvalue weighted by atomic mass is 32.1. The van der Waals surface area contributed by atoms with Gasteiger partial charge in [0.1, 0.15) is 10.8 Å². The Kier molecular flexibility index (Phi) is 5.38. The lowest BCUT2D eigenvalue weighted by Gasteiger charge is -2.28. The fourth-order valence-electron chi connectivity index (χ4n) is 3.31. The van der Waals surface area contributed by atoms with Crippen molar-refractivity contribution in [3.8, 4) is 10.6 Å². The Morgan fingerprint density at radius 1 is 1.38 bits per heavy atom. The molecule has 0 unspecified atom stereocenters. The van der Waals surface area contributed by atoms with E-state index >= 15 is 0 Å². The maximum atomic E-state index is 12.2. The van der Waals surface area contributed by atoms with Crippen LogP contribution < -0.4 is 26.8 Å². The standard InChI is InChI=1S/C19H21N7O2S/c1-2-12-13(4-3-5-14(12)22-16(28)11-20)18-24-26-17(25-8-6-21-7-9-25)10-15(27)23-19(26)29-18/h2-5,10,21H,1,6-9,11,20H2,(H,22,28). The van der Waals surface area contributed by atoms with Crippen LogP contribution in [0.1, 0.15) is 5.56 Å². The number of rotatable bonds is 5. The lowest BCUT2D eigenvalue weighted by Crippen LogP contribution is -2.44. The van der Waals surface area contributed by atoms with E-state index in [0.717, 1.165) is 43.1 Å². The highest BCUT2D eigenvalue weighted by molar-refractivity contribution is 7.19. The predicted molar refractivity (Wildman–Crippen MR) is 115 cm³/mol. The molecule has 0 saturated carbocycles. The summed E-state index contributed by atoms with van der Waals surface area (Å²) in [6.07, 6.45) is 1.67. The zero-order valence-electron chi connectivity index (χ0n) is 15.7. The second kappa shape index (κ2) is 8.11. The van der Waals surface area contributed by atoms with Gasteiger partial charge in [-0.25, -0.2) is 0 Å². The molecule has 0 bridgehead atoms. The van der Waals surface area contributed by atoms with Crippen LogP contribution >= 0.6 is 11.3 Å². The molecule has 1 aliphatic heterocycles. The Bertz CT molecular complexity index is 1130. The molecule has 29 heavy (non-hydrogen) atoms. The van der Waals surface area contributed by atoms with Crippen LogP contribution in [0.5, 0.6) is 0 Å². The van der Waals surface area contributed by atoms with E-state index in [-0.39, 0.29) is 18.0 Å². The van der Waals surface area contributed by atoms with Gasteiger partial charge in [-0.15, -0.1) is 0 Å². The summed E-state index contributed by atoms with van der Waals surface area (Å²) in [6.45, 7) is 7.04. The van der Waals surface area contributed by atoms with Gasteiger partial charge in [0.2, 0.25) is 10.9 Å². The maximum absolute atomic E-state index is 12.2. The lowest BCUT2D eigenvalue weighted by molar-refractivity contribution is -0.114. The molecule has 3 heterocycles. The Hall–Kier alpha value is -3.08. The molecule has 150 valence electrons. The number of anilines is 2. The number of fused-ring (bicyclic) bond motifs is 1. The van der Waals surface area contributed by atoms with E-state index in [0.29, 0.717) is 15.7 Å². The third kappa shape index (κ3) is 3.77. The van der Waals surface area contributed by atoms with Crippen LogP contribution in [0.2, 0.25) is 0 Å². The van der Waals surface area contributed by atoms with Gasteiger partial charge in [-0.1, -0.05) is 36.1 Å². The zero-order chi connectivity index (χ0) is 20.4. The first-order chi connectivity index (χ1) is 14.1. The minimum atomic E-state index is -0.290. The molecule has 2 aromatic heterocycles. The molecular formula is C19H21N7O2S. The number of hydrogen-bond donors (Lipinski definition) is 3. The third-order valence-electron chi connectivity index (χ3n) is 4.68. The van der Waals surface area contributed by atoms with E-state index in [4.69, 9.17) is 10.8 Å². The molecule has 10 heteroatoms. The molecule has 4 N–H and O–H groups in total. The number of nitrogens with two attached hydrogens (primary N) is 1. The largest absolute Gasteiger partial charge is 0.354 e. The summed E-state index contributed by atoms with van der Waals surface area (Å²) >= 11 is 1.32. The van der Waals surface area contributed by atoms with Gasteiger partial charge < -0.3 is 21.3 Å². The van der Waals surface area contributed by atoms with Gasteiger partial charge in [-0.2, -0.15) is 14.6 Å². The SMILES string of the molecule is C=Cc1c(NC(=O)CN)cccc1-c1nn2c(N3CCNCC3)cc(=O)nc2s1. The first kappa shape index (κ1) is 19.2. The average Bonchev–Trinajstić information content (AvgIpc) is 3.17. The topological polar surface area (TPSA) is 118 Å². The van der Waals surface area contributed by atoms with Gasteiger partial charge in [0.05, 0.1) is 6.54 Å². The van der Waals surface area contributed by atoms with Crippen LogP contribution in [0.3, 0.4) is 0 Å². The van der Waals surface area contributed by atoms with Crippen LogP contribution in [-0.2, 0) is 4.79 Å². The van der Waals surface area contributed by atoms with E-state index in [1.54, 1.807) is 16.7 Å². The van der Waals surface area contributed by atoms with Crippen LogP contribution in [0.4, 0.5) is 11.5 Å². The average molecular weight is 411 g/mol. The summed E-state index contributed by atoms with van der Waals surface area (Å²) in [5.74, 6) is 0.444. The minimum Gasteiger partial charge on any atom is -0.354 e. The van der Waals surface area contributed by atoms with E-state index in [2.05, 4.69) is 27.1 Å². The molecule has 1 aliphatic rings. The molecule has 9 nitrogen and oxygen atoms in total. The van der Waals surface area contributed by atoms with Gasteiger partial charge in [0, 0.05) is 49.1 Å². The molecule has 1 saturated heterocycles. The number of carbonyl (C=O) groups is 1. The number of carbonyl (C=O) groups excluding carboxylic acids is 1. The first-order valence-electron chi connectivity index (χ1n) is 9.23. The van der Waals surface area contributed by atoms with Gasteiger partial charge in [0.25, 0.3) is 5.56 Å². The first-order valence-corrected chi connectivity index (χ1v) is 10.0. The highest BCUT2D eigenvalue weighted by Gasteiger charge is 2.19. The monoisotopic (exact) mass is 411 g/mol. The van der Waals surface area contributed by atoms with Gasteiger partial charge >= 0.3 is 0 Å². The molecular weight excluding hydrogens is 390 g/mol. The molecule has 1 fully saturated rings. The quantitative estimate of drug-likeness (QED) is 0.567. The lowest BCUT2D eigenvalue weighted by atomic mass is 10.1. The summed E-state index contributed by atoms with van der Waals surface area (Å²) in [7, 11) is 0. The van der Waals surface area contributed by atoms with Crippen molar-refractivity contribution in [3.63, 3.8) is 0 Å². The Morgan fingerprint density at radius 2 is 2.17 bits per heavy atom. The van der Waals surface area contributed by atoms with Gasteiger partial charge in [-0.3, -0.25) is 9.59 Å². The van der Waals surface area contributed by atoms with Crippen molar-refractivity contribution in [2.45, 2.75) is 0 Å². The molecule has 0 atom stereocenters. The normalized spacial score (nSPS) is 14.2. The molecule has 1 aromatic carbocycles. The number of piperazine rings is 1. The maximum Gasteiger partial charge on any atom is 0.276 e. The second-order valence-corrected chi connectivity index (χ2v) is 7.47. The Labute approximate surface area is 170 Å². The van der Waals surface area contributed by atoms with Crippen molar-refractivity contribution in [3.05, 3.63) is 46.8 Å². The molecule has 0 radical (unpaired) electrons. The Balaban J connectivity index is 1.83. The number of amides is 1. The van der Waals surface area contributed by atoms with Crippen molar-refractivity contribution in [1.29, 1.82) is 0 Å². The van der Waals surface area contributed by atoms with Crippen LogP contribution in [0, 0.1) is 0 Å². The van der Waals surface area contributed by atoms with Crippen LogP contribution in [-0.4, -0.2) is 53.2 Å². The summed E-state index contributed by atoms with van der Waals surface area (Å²) < 4.78 is 1.71.